The minimum absolute atomic E-state index is 0.0361. The lowest BCUT2D eigenvalue weighted by molar-refractivity contribution is 0.0790. The van der Waals surface area contributed by atoms with Crippen molar-refractivity contribution in [2.75, 3.05) is 39.8 Å². The number of aryl methyl sites for hydroxylation is 1. The maximum absolute atomic E-state index is 12.9. The minimum Gasteiger partial charge on any atom is -0.350 e. The van der Waals surface area contributed by atoms with E-state index >= 15 is 0 Å². The Bertz CT molecular complexity index is 828. The molecule has 7 nitrogen and oxygen atoms in total. The highest BCUT2D eigenvalue weighted by Gasteiger charge is 2.29. The molecule has 8 heteroatoms. The predicted molar refractivity (Wildman–Crippen MR) is 115 cm³/mol. The van der Waals surface area contributed by atoms with Crippen molar-refractivity contribution in [3.8, 4) is 0 Å². The van der Waals surface area contributed by atoms with Crippen molar-refractivity contribution in [3.63, 3.8) is 0 Å². The van der Waals surface area contributed by atoms with E-state index in [9.17, 15) is 13.2 Å². The number of hydrogen-bond donors (Lipinski definition) is 2. The third-order valence-corrected chi connectivity index (χ3v) is 7.43. The van der Waals surface area contributed by atoms with Crippen molar-refractivity contribution in [2.24, 2.45) is 5.92 Å². The topological polar surface area (TPSA) is 81.7 Å². The largest absolute Gasteiger partial charge is 0.350 e. The Balaban J connectivity index is 1.68. The number of nitrogens with one attached hydrogen (secondary N) is 2. The van der Waals surface area contributed by atoms with Gasteiger partial charge in [-0.15, -0.1) is 0 Å². The average Bonchev–Trinajstić information content (AvgIpc) is 3.46. The molecule has 0 bridgehead atoms. The third kappa shape index (κ3) is 5.78. The van der Waals surface area contributed by atoms with E-state index in [1.165, 1.54) is 6.07 Å². The van der Waals surface area contributed by atoms with Gasteiger partial charge in [-0.3, -0.25) is 9.69 Å². The lowest BCUT2D eigenvalue weighted by Crippen LogP contribution is -2.54. The number of nitrogens with zero attached hydrogens (tertiary/aromatic N) is 2. The highest BCUT2D eigenvalue weighted by Crippen LogP contribution is 2.23. The number of carbonyl (C=O) groups excluding carboxylic acids is 1. The van der Waals surface area contributed by atoms with Gasteiger partial charge >= 0.3 is 0 Å². The van der Waals surface area contributed by atoms with Crippen LogP contribution >= 0.6 is 0 Å². The third-order valence-electron chi connectivity index (χ3n) is 5.91. The van der Waals surface area contributed by atoms with Crippen molar-refractivity contribution in [1.82, 2.24) is 19.8 Å². The fourth-order valence-corrected chi connectivity index (χ4v) is 5.06. The number of rotatable bonds is 8. The maximum Gasteiger partial charge on any atom is 0.251 e. The van der Waals surface area contributed by atoms with Gasteiger partial charge in [0.05, 0.1) is 4.90 Å². The SMILES string of the molecule is Cc1ccc(S(=O)(=O)NC2CC2)cc1C(=O)NCC(C(C)C)N1CCN(C)CC1. The lowest BCUT2D eigenvalue weighted by Gasteiger charge is -2.40. The van der Waals surface area contributed by atoms with Gasteiger partial charge in [0.1, 0.15) is 0 Å². The zero-order chi connectivity index (χ0) is 21.2. The number of carbonyl (C=O) groups is 1. The van der Waals surface area contributed by atoms with E-state index < -0.39 is 10.0 Å². The normalized spacial score (nSPS) is 20.0. The second kappa shape index (κ2) is 9.12. The summed E-state index contributed by atoms with van der Waals surface area (Å²) in [6, 6.07) is 5.06. The van der Waals surface area contributed by atoms with Gasteiger partial charge in [-0.25, -0.2) is 13.1 Å². The van der Waals surface area contributed by atoms with E-state index in [0.29, 0.717) is 18.0 Å². The number of hydrogen-bond acceptors (Lipinski definition) is 5. The molecule has 1 amide bonds. The molecule has 1 heterocycles. The number of amides is 1. The summed E-state index contributed by atoms with van der Waals surface area (Å²) >= 11 is 0. The molecule has 162 valence electrons. The van der Waals surface area contributed by atoms with Gasteiger partial charge in [-0.1, -0.05) is 19.9 Å². The summed E-state index contributed by atoms with van der Waals surface area (Å²) in [6.07, 6.45) is 1.75. The summed E-state index contributed by atoms with van der Waals surface area (Å²) in [5, 5.41) is 3.05. The second-order valence-corrected chi connectivity index (χ2v) is 10.4. The Labute approximate surface area is 174 Å². The van der Waals surface area contributed by atoms with Gasteiger partial charge in [-0.05, 0) is 50.4 Å². The zero-order valence-electron chi connectivity index (χ0n) is 17.9. The summed E-state index contributed by atoms with van der Waals surface area (Å²) < 4.78 is 27.7. The van der Waals surface area contributed by atoms with Gasteiger partial charge in [0, 0.05) is 50.4 Å². The average molecular weight is 423 g/mol. The molecule has 29 heavy (non-hydrogen) atoms. The van der Waals surface area contributed by atoms with Crippen molar-refractivity contribution < 1.29 is 13.2 Å². The predicted octanol–water partition coefficient (Wildman–Crippen LogP) is 1.44. The molecule has 1 aliphatic carbocycles. The first-order valence-corrected chi connectivity index (χ1v) is 12.0. The van der Waals surface area contributed by atoms with E-state index in [0.717, 1.165) is 44.6 Å². The van der Waals surface area contributed by atoms with Crippen molar-refractivity contribution >= 4 is 15.9 Å². The van der Waals surface area contributed by atoms with Crippen LogP contribution in [0.5, 0.6) is 0 Å². The zero-order valence-corrected chi connectivity index (χ0v) is 18.8. The molecule has 1 aliphatic heterocycles. The van der Waals surface area contributed by atoms with Crippen LogP contribution in [0.25, 0.3) is 0 Å². The van der Waals surface area contributed by atoms with E-state index in [2.05, 4.69) is 40.7 Å². The van der Waals surface area contributed by atoms with Crippen LogP contribution in [0.2, 0.25) is 0 Å². The summed E-state index contributed by atoms with van der Waals surface area (Å²) in [4.78, 5) is 17.8. The molecule has 0 aromatic heterocycles. The van der Waals surface area contributed by atoms with Crippen LogP contribution in [0.1, 0.15) is 42.6 Å². The minimum atomic E-state index is -3.58. The van der Waals surface area contributed by atoms with E-state index in [1.54, 1.807) is 12.1 Å². The Kier molecular flexibility index (Phi) is 6.98. The molecule has 1 aromatic rings. The first-order valence-electron chi connectivity index (χ1n) is 10.5. The van der Waals surface area contributed by atoms with Gasteiger partial charge < -0.3 is 10.2 Å². The van der Waals surface area contributed by atoms with Gasteiger partial charge in [0.15, 0.2) is 0 Å². The van der Waals surface area contributed by atoms with Crippen molar-refractivity contribution in [1.29, 1.82) is 0 Å². The highest BCUT2D eigenvalue weighted by atomic mass is 32.2. The smallest absolute Gasteiger partial charge is 0.251 e. The Hall–Kier alpha value is -1.48. The molecule has 2 fully saturated rings. The van der Waals surface area contributed by atoms with Gasteiger partial charge in [-0.2, -0.15) is 0 Å². The molecule has 3 rings (SSSR count). The quantitative estimate of drug-likeness (QED) is 0.663. The monoisotopic (exact) mass is 422 g/mol. The fraction of sp³-hybridized carbons (Fsp3) is 0.667. The van der Waals surface area contributed by atoms with Crippen LogP contribution in [-0.2, 0) is 10.0 Å². The Morgan fingerprint density at radius 2 is 1.83 bits per heavy atom. The fourth-order valence-electron chi connectivity index (χ4n) is 3.73. The number of sulfonamides is 1. The van der Waals surface area contributed by atoms with Crippen LogP contribution in [0, 0.1) is 12.8 Å². The molecular weight excluding hydrogens is 388 g/mol. The number of likely N-dealkylation sites (N-methyl/N-ethyl adjacent to an activating group) is 1. The first kappa shape index (κ1) is 22.2. The van der Waals surface area contributed by atoms with E-state index in [1.807, 2.05) is 6.92 Å². The van der Waals surface area contributed by atoms with E-state index in [-0.39, 0.29) is 22.9 Å². The summed E-state index contributed by atoms with van der Waals surface area (Å²) in [6.45, 7) is 10.8. The molecule has 1 saturated heterocycles. The molecule has 1 atom stereocenters. The molecular formula is C21H34N4O3S. The summed E-state index contributed by atoms with van der Waals surface area (Å²) in [7, 11) is -1.45. The van der Waals surface area contributed by atoms with Crippen molar-refractivity contribution in [3.05, 3.63) is 29.3 Å². The van der Waals surface area contributed by atoms with Crippen LogP contribution in [0.15, 0.2) is 23.1 Å². The van der Waals surface area contributed by atoms with E-state index in [4.69, 9.17) is 0 Å². The summed E-state index contributed by atoms with van der Waals surface area (Å²) in [5.41, 5.74) is 1.19. The maximum atomic E-state index is 12.9. The lowest BCUT2D eigenvalue weighted by atomic mass is 10.0. The van der Waals surface area contributed by atoms with Gasteiger partial charge in [0.2, 0.25) is 10.0 Å². The Morgan fingerprint density at radius 1 is 1.17 bits per heavy atom. The van der Waals surface area contributed by atoms with Crippen molar-refractivity contribution in [2.45, 2.75) is 50.6 Å². The highest BCUT2D eigenvalue weighted by molar-refractivity contribution is 7.89. The summed E-state index contributed by atoms with van der Waals surface area (Å²) in [5.74, 6) is 0.194. The van der Waals surface area contributed by atoms with Crippen LogP contribution < -0.4 is 10.0 Å². The Morgan fingerprint density at radius 3 is 2.41 bits per heavy atom. The number of piperazine rings is 1. The van der Waals surface area contributed by atoms with Crippen LogP contribution in [0.3, 0.4) is 0 Å². The standard InChI is InChI=1S/C21H34N4O3S/c1-15(2)20(25-11-9-24(4)10-12-25)14-22-21(26)19-13-18(8-5-16(19)3)29(27,28)23-17-6-7-17/h5,8,13,15,17,20,23H,6-7,9-12,14H2,1-4H3,(H,22,26). The molecule has 1 aromatic carbocycles. The molecule has 1 unspecified atom stereocenters. The number of benzene rings is 1. The first-order chi connectivity index (χ1) is 13.7. The molecule has 0 spiro atoms. The molecule has 0 radical (unpaired) electrons. The molecule has 2 N–H and O–H groups in total. The second-order valence-electron chi connectivity index (χ2n) is 8.73. The van der Waals surface area contributed by atoms with Gasteiger partial charge in [0.25, 0.3) is 5.91 Å². The van der Waals surface area contributed by atoms with Crippen LogP contribution in [0.4, 0.5) is 0 Å². The van der Waals surface area contributed by atoms with Crippen LogP contribution in [-0.4, -0.2) is 76.0 Å². The molecule has 1 saturated carbocycles. The molecule has 2 aliphatic rings.